The van der Waals surface area contributed by atoms with Crippen molar-refractivity contribution in [1.82, 2.24) is 9.78 Å². The van der Waals surface area contributed by atoms with Crippen LogP contribution in [0.2, 0.25) is 0 Å². The molecule has 1 aliphatic heterocycles. The Morgan fingerprint density at radius 3 is 2.90 bits per heavy atom. The molecule has 1 aliphatic rings. The van der Waals surface area contributed by atoms with Crippen LogP contribution in [0, 0.1) is 0 Å². The van der Waals surface area contributed by atoms with Crippen molar-refractivity contribution in [2.45, 2.75) is 18.9 Å². The van der Waals surface area contributed by atoms with E-state index in [-0.39, 0.29) is 5.97 Å². The van der Waals surface area contributed by atoms with Gasteiger partial charge in [-0.1, -0.05) is 0 Å². The molecule has 0 N–H and O–H groups in total. The molecule has 0 atom stereocenters. The number of aromatic nitrogens is 2. The highest BCUT2D eigenvalue weighted by molar-refractivity contribution is 9.10. The topological polar surface area (TPSA) is 53.3 Å². The molecular formula is C14H15BrN2O3. The molecule has 20 heavy (non-hydrogen) atoms. The zero-order chi connectivity index (χ0) is 14.1. The minimum Gasteiger partial charge on any atom is -0.465 e. The van der Waals surface area contributed by atoms with Crippen molar-refractivity contribution in [3.8, 4) is 0 Å². The van der Waals surface area contributed by atoms with E-state index < -0.39 is 0 Å². The zero-order valence-electron chi connectivity index (χ0n) is 11.1. The molecule has 0 aliphatic carbocycles. The molecule has 0 bridgehead atoms. The first-order chi connectivity index (χ1) is 9.70. The van der Waals surface area contributed by atoms with Crippen LogP contribution < -0.4 is 0 Å². The van der Waals surface area contributed by atoms with Crippen molar-refractivity contribution < 1.29 is 14.3 Å². The van der Waals surface area contributed by atoms with Gasteiger partial charge in [0.05, 0.1) is 24.2 Å². The third-order valence-corrected chi connectivity index (χ3v) is 4.20. The zero-order valence-corrected chi connectivity index (χ0v) is 12.7. The largest absolute Gasteiger partial charge is 0.465 e. The summed E-state index contributed by atoms with van der Waals surface area (Å²) in [4.78, 5) is 11.6. The van der Waals surface area contributed by atoms with Crippen molar-refractivity contribution in [2.24, 2.45) is 0 Å². The molecule has 0 saturated carbocycles. The molecule has 3 rings (SSSR count). The number of esters is 1. The standard InChI is InChI=1S/C14H15BrN2O3/c1-19-14(18)9-2-3-12-11(8-9)13(15)16-17(12)10-4-6-20-7-5-10/h2-3,8,10H,4-7H2,1H3. The number of methoxy groups -OCH3 is 1. The molecule has 0 spiro atoms. The van der Waals surface area contributed by atoms with E-state index >= 15 is 0 Å². The number of hydrogen-bond donors (Lipinski definition) is 0. The number of carbonyl (C=O) groups is 1. The Hall–Kier alpha value is -1.40. The van der Waals surface area contributed by atoms with Gasteiger partial charge in [0.2, 0.25) is 0 Å². The van der Waals surface area contributed by atoms with Gasteiger partial charge in [-0.05, 0) is 47.0 Å². The second kappa shape index (κ2) is 5.54. The maximum atomic E-state index is 11.6. The molecule has 5 nitrogen and oxygen atoms in total. The van der Waals surface area contributed by atoms with Crippen molar-refractivity contribution >= 4 is 32.8 Å². The monoisotopic (exact) mass is 338 g/mol. The van der Waals surface area contributed by atoms with Crippen LogP contribution in [0.15, 0.2) is 22.8 Å². The highest BCUT2D eigenvalue weighted by atomic mass is 79.9. The van der Waals surface area contributed by atoms with Crippen molar-refractivity contribution in [3.05, 3.63) is 28.4 Å². The first-order valence-electron chi connectivity index (χ1n) is 6.54. The molecule has 0 unspecified atom stereocenters. The first kappa shape index (κ1) is 13.6. The third-order valence-electron chi connectivity index (χ3n) is 3.62. The Kier molecular flexibility index (Phi) is 3.76. The van der Waals surface area contributed by atoms with Gasteiger partial charge in [-0.2, -0.15) is 5.10 Å². The Bertz CT molecular complexity index is 647. The molecule has 106 valence electrons. The highest BCUT2D eigenvalue weighted by Gasteiger charge is 2.20. The lowest BCUT2D eigenvalue weighted by Crippen LogP contribution is -2.20. The molecule has 6 heteroatoms. The third kappa shape index (κ3) is 2.33. The smallest absolute Gasteiger partial charge is 0.337 e. The van der Waals surface area contributed by atoms with E-state index in [0.29, 0.717) is 11.6 Å². The summed E-state index contributed by atoms with van der Waals surface area (Å²) in [5.41, 5.74) is 1.56. The SMILES string of the molecule is COC(=O)c1ccc2c(c1)c(Br)nn2C1CCOCC1. The van der Waals surface area contributed by atoms with Gasteiger partial charge < -0.3 is 9.47 Å². The maximum absolute atomic E-state index is 11.6. The first-order valence-corrected chi connectivity index (χ1v) is 7.34. The summed E-state index contributed by atoms with van der Waals surface area (Å²) >= 11 is 3.47. The van der Waals surface area contributed by atoms with Crippen LogP contribution in [0.5, 0.6) is 0 Å². The average Bonchev–Trinajstić information content (AvgIpc) is 2.84. The Labute approximate surface area is 125 Å². The van der Waals surface area contributed by atoms with E-state index in [1.807, 2.05) is 16.8 Å². The molecule has 0 amide bonds. The highest BCUT2D eigenvalue weighted by Crippen LogP contribution is 2.30. The average molecular weight is 339 g/mol. The van der Waals surface area contributed by atoms with Crippen molar-refractivity contribution in [3.63, 3.8) is 0 Å². The Morgan fingerprint density at radius 1 is 1.45 bits per heavy atom. The maximum Gasteiger partial charge on any atom is 0.337 e. The second-order valence-corrected chi connectivity index (χ2v) is 5.55. The van der Waals surface area contributed by atoms with Gasteiger partial charge in [0, 0.05) is 18.6 Å². The predicted molar refractivity (Wildman–Crippen MR) is 77.9 cm³/mol. The Morgan fingerprint density at radius 2 is 2.20 bits per heavy atom. The molecule has 1 aromatic carbocycles. The van der Waals surface area contributed by atoms with Gasteiger partial charge in [0.15, 0.2) is 0 Å². The van der Waals surface area contributed by atoms with E-state index in [4.69, 9.17) is 9.47 Å². The minimum absolute atomic E-state index is 0.336. The van der Waals surface area contributed by atoms with E-state index in [0.717, 1.165) is 41.6 Å². The molecule has 2 heterocycles. The number of ether oxygens (including phenoxy) is 2. The number of nitrogens with zero attached hydrogens (tertiary/aromatic N) is 2. The predicted octanol–water partition coefficient (Wildman–Crippen LogP) is 2.94. The number of halogens is 1. The summed E-state index contributed by atoms with van der Waals surface area (Å²) < 4.78 is 12.9. The van der Waals surface area contributed by atoms with Gasteiger partial charge in [0.25, 0.3) is 0 Å². The summed E-state index contributed by atoms with van der Waals surface area (Å²) in [6.45, 7) is 1.54. The van der Waals surface area contributed by atoms with Crippen LogP contribution in [-0.2, 0) is 9.47 Å². The van der Waals surface area contributed by atoms with Gasteiger partial charge >= 0.3 is 5.97 Å². The van der Waals surface area contributed by atoms with E-state index in [1.54, 1.807) is 6.07 Å². The second-order valence-electron chi connectivity index (χ2n) is 4.80. The quantitative estimate of drug-likeness (QED) is 0.790. The van der Waals surface area contributed by atoms with Gasteiger partial charge in [0.1, 0.15) is 4.60 Å². The molecule has 1 fully saturated rings. The molecule has 0 radical (unpaired) electrons. The lowest BCUT2D eigenvalue weighted by Gasteiger charge is -2.23. The van der Waals surface area contributed by atoms with Crippen LogP contribution in [0.4, 0.5) is 0 Å². The summed E-state index contributed by atoms with van der Waals surface area (Å²) in [6, 6.07) is 5.86. The molecular weight excluding hydrogens is 324 g/mol. The summed E-state index contributed by atoms with van der Waals surface area (Å²) in [5.74, 6) is -0.336. The van der Waals surface area contributed by atoms with Gasteiger partial charge in [-0.15, -0.1) is 0 Å². The van der Waals surface area contributed by atoms with Crippen LogP contribution in [0.1, 0.15) is 29.2 Å². The van der Waals surface area contributed by atoms with E-state index in [2.05, 4.69) is 21.0 Å². The van der Waals surface area contributed by atoms with Crippen LogP contribution >= 0.6 is 15.9 Å². The summed E-state index contributed by atoms with van der Waals surface area (Å²) in [5, 5.41) is 5.50. The number of fused-ring (bicyclic) bond motifs is 1. The lowest BCUT2D eigenvalue weighted by atomic mass is 10.1. The normalized spacial score (nSPS) is 16.5. The van der Waals surface area contributed by atoms with Gasteiger partial charge in [-0.25, -0.2) is 4.79 Å². The van der Waals surface area contributed by atoms with Crippen molar-refractivity contribution in [2.75, 3.05) is 20.3 Å². The Balaban J connectivity index is 2.05. The summed E-state index contributed by atoms with van der Waals surface area (Å²) in [7, 11) is 1.38. The molecule has 1 saturated heterocycles. The number of hydrogen-bond acceptors (Lipinski definition) is 4. The fraction of sp³-hybridized carbons (Fsp3) is 0.429. The number of carbonyl (C=O) groups excluding carboxylic acids is 1. The number of benzene rings is 1. The van der Waals surface area contributed by atoms with E-state index in [1.165, 1.54) is 7.11 Å². The van der Waals surface area contributed by atoms with Gasteiger partial charge in [-0.3, -0.25) is 4.68 Å². The lowest BCUT2D eigenvalue weighted by molar-refractivity contribution is 0.0601. The number of rotatable bonds is 2. The van der Waals surface area contributed by atoms with Crippen molar-refractivity contribution in [1.29, 1.82) is 0 Å². The summed E-state index contributed by atoms with van der Waals surface area (Å²) in [6.07, 6.45) is 1.92. The molecule has 2 aromatic rings. The molecule has 1 aromatic heterocycles. The fourth-order valence-corrected chi connectivity index (χ4v) is 3.04. The minimum atomic E-state index is -0.336. The van der Waals surface area contributed by atoms with Crippen LogP contribution in [-0.4, -0.2) is 36.1 Å². The van der Waals surface area contributed by atoms with Crippen LogP contribution in [0.25, 0.3) is 10.9 Å². The van der Waals surface area contributed by atoms with Crippen LogP contribution in [0.3, 0.4) is 0 Å². The fourth-order valence-electron chi connectivity index (χ4n) is 2.56. The van der Waals surface area contributed by atoms with E-state index in [9.17, 15) is 4.79 Å².